The molecule has 6 aromatic carbocycles. The van der Waals surface area contributed by atoms with Gasteiger partial charge in [0.15, 0.2) is 0 Å². The number of nitrogens with zero attached hydrogens (tertiary/aromatic N) is 1. The van der Waals surface area contributed by atoms with Gasteiger partial charge < -0.3 is 13.9 Å². The van der Waals surface area contributed by atoms with Gasteiger partial charge in [0.2, 0.25) is 0 Å². The molecule has 0 aliphatic carbocycles. The molecule has 1 aliphatic heterocycles. The smallest absolute Gasteiger partial charge is 0.399 e. The normalized spacial score (nSPS) is 15.8. The van der Waals surface area contributed by atoms with Gasteiger partial charge in [0.05, 0.1) is 22.2 Å². The van der Waals surface area contributed by atoms with E-state index in [2.05, 4.69) is 166 Å². The van der Waals surface area contributed by atoms with E-state index in [1.807, 2.05) is 11.3 Å². The summed E-state index contributed by atoms with van der Waals surface area (Å²) in [6.45, 7) is 8.47. The van der Waals surface area contributed by atoms with E-state index < -0.39 is 18.3 Å². The van der Waals surface area contributed by atoms with Crippen molar-refractivity contribution >= 4 is 65.9 Å². The first kappa shape index (κ1) is 28.5. The highest BCUT2D eigenvalue weighted by Crippen LogP contribution is 2.42. The Hall–Kier alpha value is -4.68. The van der Waals surface area contributed by atoms with E-state index in [4.69, 9.17) is 9.31 Å². The van der Waals surface area contributed by atoms with Crippen LogP contribution >= 0.6 is 11.3 Å². The third kappa shape index (κ3) is 4.49. The second-order valence-corrected chi connectivity index (χ2v) is 14.7. The van der Waals surface area contributed by atoms with Crippen molar-refractivity contribution in [1.82, 2.24) is 4.57 Å². The lowest BCUT2D eigenvalue weighted by Crippen LogP contribution is -2.41. The number of rotatable bonds is 4. The highest BCUT2D eigenvalue weighted by molar-refractivity contribution is 7.26. The van der Waals surface area contributed by atoms with Crippen LogP contribution in [0.3, 0.4) is 0 Å². The zero-order chi connectivity index (χ0) is 31.9. The fourth-order valence-electron chi connectivity index (χ4n) is 7.07. The third-order valence-electron chi connectivity index (χ3n) is 10.2. The average molecular weight is 628 g/mol. The molecule has 1 saturated heterocycles. The molecule has 0 amide bonds. The van der Waals surface area contributed by atoms with Gasteiger partial charge in [-0.1, -0.05) is 91.0 Å². The van der Waals surface area contributed by atoms with Crippen LogP contribution < -0.4 is 5.46 Å². The van der Waals surface area contributed by atoms with Crippen LogP contribution in [0.1, 0.15) is 27.7 Å². The van der Waals surface area contributed by atoms with Crippen LogP contribution in [0.15, 0.2) is 133 Å². The van der Waals surface area contributed by atoms with Gasteiger partial charge >= 0.3 is 7.12 Å². The molecule has 8 aromatic rings. The Morgan fingerprint density at radius 2 is 1.19 bits per heavy atom. The molecule has 0 N–H and O–H groups in total. The van der Waals surface area contributed by atoms with E-state index in [0.717, 1.165) is 27.8 Å². The second-order valence-electron chi connectivity index (χ2n) is 13.6. The maximum absolute atomic E-state index is 6.62. The maximum atomic E-state index is 6.62. The number of hydrogen-bond acceptors (Lipinski definition) is 3. The predicted molar refractivity (Wildman–Crippen MR) is 200 cm³/mol. The van der Waals surface area contributed by atoms with Crippen molar-refractivity contribution in [2.45, 2.75) is 38.9 Å². The first-order valence-corrected chi connectivity index (χ1v) is 17.1. The van der Waals surface area contributed by atoms with Crippen LogP contribution in [0, 0.1) is 0 Å². The summed E-state index contributed by atoms with van der Waals surface area (Å²) in [6.07, 6.45) is 0. The Morgan fingerprint density at radius 3 is 2.00 bits per heavy atom. The summed E-state index contributed by atoms with van der Waals surface area (Å²) >= 11 is 1.86. The maximum Gasteiger partial charge on any atom is 0.494 e. The largest absolute Gasteiger partial charge is 0.494 e. The summed E-state index contributed by atoms with van der Waals surface area (Å²) in [4.78, 5) is 0. The van der Waals surface area contributed by atoms with Crippen molar-refractivity contribution in [2.24, 2.45) is 0 Å². The SMILES string of the molecule is CC1(C)OB(c2cc(-c3ccc4c(c3)c3ccccc3n4-c3ccccc3)cc(-c3cccc4c3sc3ccccc34)c2)OC1(C)C. The fraction of sp³-hybridized carbons (Fsp3) is 0.143. The van der Waals surface area contributed by atoms with Crippen LogP contribution in [-0.2, 0) is 9.31 Å². The molecule has 0 radical (unpaired) electrons. The van der Waals surface area contributed by atoms with Crippen LogP contribution in [-0.4, -0.2) is 22.9 Å². The molecule has 1 aliphatic rings. The first-order chi connectivity index (χ1) is 22.8. The van der Waals surface area contributed by atoms with E-state index in [1.165, 1.54) is 47.5 Å². The molecule has 2 aromatic heterocycles. The van der Waals surface area contributed by atoms with Gasteiger partial charge in [0.25, 0.3) is 0 Å². The zero-order valence-electron chi connectivity index (χ0n) is 27.0. The number of benzene rings is 6. The van der Waals surface area contributed by atoms with Crippen molar-refractivity contribution in [1.29, 1.82) is 0 Å². The molecule has 0 saturated carbocycles. The van der Waals surface area contributed by atoms with E-state index in [1.54, 1.807) is 0 Å². The average Bonchev–Trinajstić information content (AvgIpc) is 3.70. The Kier molecular flexibility index (Phi) is 6.32. The molecule has 228 valence electrons. The molecular weight excluding hydrogens is 593 g/mol. The van der Waals surface area contributed by atoms with E-state index in [9.17, 15) is 0 Å². The first-order valence-electron chi connectivity index (χ1n) is 16.3. The molecule has 9 rings (SSSR count). The predicted octanol–water partition coefficient (Wildman–Crippen LogP) is 10.8. The highest BCUT2D eigenvalue weighted by atomic mass is 32.1. The second kappa shape index (κ2) is 10.4. The summed E-state index contributed by atoms with van der Waals surface area (Å²) in [5.41, 5.74) is 8.41. The lowest BCUT2D eigenvalue weighted by Gasteiger charge is -2.32. The molecular formula is C42H34BNO2S. The minimum Gasteiger partial charge on any atom is -0.399 e. The van der Waals surface area contributed by atoms with Gasteiger partial charge in [0.1, 0.15) is 0 Å². The molecule has 5 heteroatoms. The minimum atomic E-state index is -0.468. The minimum absolute atomic E-state index is 0.433. The van der Waals surface area contributed by atoms with Gasteiger partial charge in [-0.2, -0.15) is 0 Å². The number of hydrogen-bond donors (Lipinski definition) is 0. The quantitative estimate of drug-likeness (QED) is 0.181. The third-order valence-corrected chi connectivity index (χ3v) is 11.4. The summed E-state index contributed by atoms with van der Waals surface area (Å²) < 4.78 is 18.2. The standard InChI is InChI=1S/C42H34BNO2S/c1-41(2)42(3,4)46-43(45-41)30-24-28(23-29(25-30)32-17-12-18-35-34-16-9-11-20-39(34)47-40(32)35)27-21-22-38-36(26-27)33-15-8-10-19-37(33)44(38)31-13-6-5-7-14-31/h5-26H,1-4H3. The molecule has 0 bridgehead atoms. The molecule has 0 unspecified atom stereocenters. The van der Waals surface area contributed by atoms with Crippen LogP contribution in [0.25, 0.3) is 69.9 Å². The van der Waals surface area contributed by atoms with E-state index in [-0.39, 0.29) is 0 Å². The van der Waals surface area contributed by atoms with Gasteiger partial charge in [-0.3, -0.25) is 0 Å². The van der Waals surface area contributed by atoms with Gasteiger partial charge in [-0.25, -0.2) is 0 Å². The molecule has 0 spiro atoms. The van der Waals surface area contributed by atoms with Crippen LogP contribution in [0.4, 0.5) is 0 Å². The Labute approximate surface area is 279 Å². The van der Waals surface area contributed by atoms with Gasteiger partial charge in [0, 0.05) is 36.6 Å². The summed E-state index contributed by atoms with van der Waals surface area (Å²) in [7, 11) is -0.468. The number of aromatic nitrogens is 1. The van der Waals surface area contributed by atoms with Crippen molar-refractivity contribution < 1.29 is 9.31 Å². The van der Waals surface area contributed by atoms with Crippen molar-refractivity contribution in [3.8, 4) is 27.9 Å². The number of fused-ring (bicyclic) bond motifs is 6. The molecule has 1 fully saturated rings. The fourth-order valence-corrected chi connectivity index (χ4v) is 8.31. The summed E-state index contributed by atoms with van der Waals surface area (Å²) in [6, 6.07) is 48.4. The van der Waals surface area contributed by atoms with E-state index >= 15 is 0 Å². The highest BCUT2D eigenvalue weighted by Gasteiger charge is 2.51. The van der Waals surface area contributed by atoms with Crippen LogP contribution in [0.2, 0.25) is 0 Å². The van der Waals surface area contributed by atoms with Crippen molar-refractivity contribution in [3.63, 3.8) is 0 Å². The Balaban J connectivity index is 1.27. The summed E-state index contributed by atoms with van der Waals surface area (Å²) in [5, 5.41) is 5.07. The topological polar surface area (TPSA) is 23.4 Å². The molecule has 0 atom stereocenters. The van der Waals surface area contributed by atoms with Gasteiger partial charge in [-0.15, -0.1) is 11.3 Å². The molecule has 47 heavy (non-hydrogen) atoms. The number of para-hydroxylation sites is 2. The van der Waals surface area contributed by atoms with Crippen LogP contribution in [0.5, 0.6) is 0 Å². The molecule has 3 heterocycles. The van der Waals surface area contributed by atoms with Gasteiger partial charge in [-0.05, 0) is 97.9 Å². The summed E-state index contributed by atoms with van der Waals surface area (Å²) in [5.74, 6) is 0. The van der Waals surface area contributed by atoms with E-state index in [0.29, 0.717) is 0 Å². The number of thiophene rings is 1. The molecule has 3 nitrogen and oxygen atoms in total. The monoisotopic (exact) mass is 627 g/mol. The Bertz CT molecular complexity index is 2470. The Morgan fingerprint density at radius 1 is 0.532 bits per heavy atom. The van der Waals surface area contributed by atoms with Crippen molar-refractivity contribution in [3.05, 3.63) is 133 Å². The van der Waals surface area contributed by atoms with Crippen molar-refractivity contribution in [2.75, 3.05) is 0 Å². The lowest BCUT2D eigenvalue weighted by atomic mass is 9.76. The lowest BCUT2D eigenvalue weighted by molar-refractivity contribution is 0.00578. The zero-order valence-corrected chi connectivity index (χ0v) is 27.8.